The highest BCUT2D eigenvalue weighted by molar-refractivity contribution is 7.91. The number of allylic oxidation sites excluding steroid dienone is 1. The first-order valence-corrected chi connectivity index (χ1v) is 21.0. The number of alkyl halides is 5. The molecular formula is C39H48F5N5O9S. The van der Waals surface area contributed by atoms with Crippen LogP contribution in [0.2, 0.25) is 0 Å². The second kappa shape index (κ2) is 16.7. The molecule has 1 saturated heterocycles. The summed E-state index contributed by atoms with van der Waals surface area (Å²) < 4.78 is 110. The predicted molar refractivity (Wildman–Crippen MR) is 202 cm³/mol. The summed E-state index contributed by atoms with van der Waals surface area (Å²) in [6, 6.07) is 3.62. The van der Waals surface area contributed by atoms with Gasteiger partial charge in [-0.15, -0.1) is 0 Å². The summed E-state index contributed by atoms with van der Waals surface area (Å²) in [5.74, 6) is -3.91. The average Bonchev–Trinajstić information content (AvgIpc) is 4.04. The Morgan fingerprint density at radius 1 is 1.10 bits per heavy atom. The van der Waals surface area contributed by atoms with Crippen LogP contribution in [0.5, 0.6) is 11.6 Å². The molecule has 14 nitrogen and oxygen atoms in total. The zero-order valence-corrected chi connectivity index (χ0v) is 33.7. The van der Waals surface area contributed by atoms with E-state index in [-0.39, 0.29) is 36.9 Å². The maximum atomic E-state index is 14.7. The number of carbonyl (C=O) groups is 4. The number of rotatable bonds is 10. The maximum absolute atomic E-state index is 14.7. The number of ether oxygens (including phenoxy) is 3. The van der Waals surface area contributed by atoms with E-state index in [4.69, 9.17) is 9.47 Å². The SMILES string of the molecule is C[C@@H]1CC/C=C\[C@@H]2C[C@@]2(C(=O)NS(=O)(=O)C2(C)CC2)NC(=O)[C@@H]2C[C@@H](Oc3ncc(OCC(F)F)c4ccccc34)CN2C(=O)[C@@H](NC(=O)O[C@H](C)C(F)(F)F)[C@H](C)C1. The Labute approximate surface area is 338 Å². The number of amides is 4. The van der Waals surface area contributed by atoms with Gasteiger partial charge in [0.05, 0.1) is 17.5 Å². The molecule has 0 spiro atoms. The lowest BCUT2D eigenvalue weighted by Gasteiger charge is -2.33. The maximum Gasteiger partial charge on any atom is 0.425 e. The molecule has 1 aromatic carbocycles. The fraction of sp³-hybridized carbons (Fsp3) is 0.615. The molecule has 0 radical (unpaired) electrons. The van der Waals surface area contributed by atoms with Crippen molar-refractivity contribution in [2.75, 3.05) is 13.2 Å². The number of nitrogens with one attached hydrogen (secondary N) is 3. The highest BCUT2D eigenvalue weighted by atomic mass is 32.2. The van der Waals surface area contributed by atoms with Crippen LogP contribution in [0.4, 0.5) is 26.7 Å². The number of halogens is 5. The van der Waals surface area contributed by atoms with E-state index in [0.717, 1.165) is 4.90 Å². The summed E-state index contributed by atoms with van der Waals surface area (Å²) in [5, 5.41) is 5.80. The van der Waals surface area contributed by atoms with Crippen molar-refractivity contribution < 1.29 is 63.8 Å². The van der Waals surface area contributed by atoms with Crippen LogP contribution in [-0.4, -0.2) is 102 Å². The van der Waals surface area contributed by atoms with Gasteiger partial charge in [0.1, 0.15) is 36.1 Å². The summed E-state index contributed by atoms with van der Waals surface area (Å²) in [5.41, 5.74) is -1.69. The van der Waals surface area contributed by atoms with Gasteiger partial charge >= 0.3 is 12.3 Å². The third-order valence-electron chi connectivity index (χ3n) is 11.6. The molecule has 324 valence electrons. The third kappa shape index (κ3) is 9.67. The van der Waals surface area contributed by atoms with Crippen LogP contribution >= 0.6 is 0 Å². The highest BCUT2D eigenvalue weighted by Gasteiger charge is 2.63. The van der Waals surface area contributed by atoms with Crippen LogP contribution in [0.3, 0.4) is 0 Å². The molecule has 8 atom stereocenters. The topological polar surface area (TPSA) is 182 Å². The molecule has 20 heteroatoms. The number of nitrogens with zero attached hydrogens (tertiary/aromatic N) is 2. The Hall–Kier alpha value is -4.75. The monoisotopic (exact) mass is 857 g/mol. The van der Waals surface area contributed by atoms with Gasteiger partial charge in [-0.1, -0.05) is 44.2 Å². The molecule has 2 aliphatic carbocycles. The number of carbonyl (C=O) groups excluding carboxylic acids is 4. The quantitative estimate of drug-likeness (QED) is 0.213. The largest absolute Gasteiger partial charge is 0.485 e. The molecule has 59 heavy (non-hydrogen) atoms. The minimum Gasteiger partial charge on any atom is -0.485 e. The average molecular weight is 858 g/mol. The fourth-order valence-electron chi connectivity index (χ4n) is 7.65. The summed E-state index contributed by atoms with van der Waals surface area (Å²) in [7, 11) is -4.11. The van der Waals surface area contributed by atoms with E-state index >= 15 is 0 Å². The predicted octanol–water partition coefficient (Wildman–Crippen LogP) is 5.16. The lowest BCUT2D eigenvalue weighted by atomic mass is 9.88. The van der Waals surface area contributed by atoms with E-state index in [0.29, 0.717) is 49.8 Å². The van der Waals surface area contributed by atoms with Gasteiger partial charge in [0.25, 0.3) is 12.3 Å². The van der Waals surface area contributed by atoms with Crippen LogP contribution in [0.15, 0.2) is 42.6 Å². The minimum atomic E-state index is -4.89. The van der Waals surface area contributed by atoms with Gasteiger partial charge in [-0.2, -0.15) is 13.2 Å². The van der Waals surface area contributed by atoms with E-state index in [1.807, 2.05) is 13.0 Å². The van der Waals surface area contributed by atoms with Crippen molar-refractivity contribution in [2.24, 2.45) is 17.8 Å². The van der Waals surface area contributed by atoms with E-state index in [2.05, 4.69) is 25.1 Å². The molecule has 3 heterocycles. The Kier molecular flexibility index (Phi) is 12.4. The smallest absolute Gasteiger partial charge is 0.425 e. The summed E-state index contributed by atoms with van der Waals surface area (Å²) >= 11 is 0. The lowest BCUT2D eigenvalue weighted by molar-refractivity contribution is -0.197. The molecule has 4 aliphatic rings. The molecule has 1 aromatic heterocycles. The van der Waals surface area contributed by atoms with E-state index < -0.39 is 99.5 Å². The standard InChI is InChI=1S/C39H48F5N5O9S/c1-21-9-5-6-10-24-17-38(24,35(52)48-59(54,55)37(4)13-14-37)47-32(50)28-16-25(58-33-27-12-8-7-11-26(27)29(18-45-33)56-20-30(40)41)19-49(28)34(51)31(22(2)15-21)46-36(53)57-23(3)39(42,43)44/h6-8,10-12,18,21-25,28,30-31H,5,9,13-17,19-20H2,1-4H3,(H,46,53)(H,47,50)(H,48,52)/b10-6-/t21-,22-,23-,24-,25-,28+,31+,38-/m1/s1. The van der Waals surface area contributed by atoms with Crippen LogP contribution in [0.25, 0.3) is 10.8 Å². The van der Waals surface area contributed by atoms with Crippen LogP contribution in [0.1, 0.15) is 72.6 Å². The van der Waals surface area contributed by atoms with Crippen molar-refractivity contribution in [2.45, 2.75) is 120 Å². The Balaban J connectivity index is 1.34. The number of pyridine rings is 1. The molecule has 3 N–H and O–H groups in total. The highest BCUT2D eigenvalue weighted by Crippen LogP contribution is 2.48. The van der Waals surface area contributed by atoms with Crippen molar-refractivity contribution in [1.29, 1.82) is 0 Å². The van der Waals surface area contributed by atoms with Crippen molar-refractivity contribution in [3.05, 3.63) is 42.6 Å². The molecule has 2 aliphatic heterocycles. The van der Waals surface area contributed by atoms with Gasteiger partial charge in [0, 0.05) is 23.1 Å². The number of benzene rings is 1. The lowest BCUT2D eigenvalue weighted by Crippen LogP contribution is -2.59. The van der Waals surface area contributed by atoms with Crippen LogP contribution in [-0.2, 0) is 29.1 Å². The number of aromatic nitrogens is 1. The first-order valence-electron chi connectivity index (χ1n) is 19.5. The normalized spacial score (nSPS) is 29.5. The number of fused-ring (bicyclic) bond motifs is 3. The summed E-state index contributed by atoms with van der Waals surface area (Å²) in [6.07, 6.45) is -5.89. The Morgan fingerprint density at radius 2 is 1.80 bits per heavy atom. The molecule has 2 saturated carbocycles. The number of hydrogen-bond donors (Lipinski definition) is 3. The molecule has 4 amide bonds. The molecule has 2 aromatic rings. The fourth-order valence-corrected chi connectivity index (χ4v) is 8.96. The van der Waals surface area contributed by atoms with Gasteiger partial charge in [-0.3, -0.25) is 19.1 Å². The summed E-state index contributed by atoms with van der Waals surface area (Å²) in [4.78, 5) is 61.3. The number of alkyl carbamates (subject to hydrolysis) is 1. The summed E-state index contributed by atoms with van der Waals surface area (Å²) in [6.45, 7) is 4.50. The Bertz CT molecular complexity index is 2080. The van der Waals surface area contributed by atoms with Crippen molar-refractivity contribution in [3.8, 4) is 11.6 Å². The second-order valence-corrected chi connectivity index (χ2v) is 18.5. The Morgan fingerprint density at radius 3 is 2.46 bits per heavy atom. The van der Waals surface area contributed by atoms with Gasteiger partial charge in [0.2, 0.25) is 27.7 Å². The van der Waals surface area contributed by atoms with Crippen molar-refractivity contribution in [1.82, 2.24) is 25.2 Å². The van der Waals surface area contributed by atoms with Crippen molar-refractivity contribution in [3.63, 3.8) is 0 Å². The molecule has 3 fully saturated rings. The van der Waals surface area contributed by atoms with E-state index in [1.165, 1.54) is 13.1 Å². The van der Waals surface area contributed by atoms with Crippen LogP contribution < -0.4 is 24.8 Å². The third-order valence-corrected chi connectivity index (χ3v) is 13.8. The first-order chi connectivity index (χ1) is 27.6. The zero-order chi connectivity index (χ0) is 43.1. The van der Waals surface area contributed by atoms with Gasteiger partial charge in [0.15, 0.2) is 6.10 Å². The van der Waals surface area contributed by atoms with Crippen LogP contribution in [0, 0.1) is 17.8 Å². The van der Waals surface area contributed by atoms with E-state index in [9.17, 15) is 49.5 Å². The first kappa shape index (κ1) is 43.8. The molecule has 6 rings (SSSR count). The molecular weight excluding hydrogens is 810 g/mol. The number of hydrogen-bond acceptors (Lipinski definition) is 10. The zero-order valence-electron chi connectivity index (χ0n) is 32.9. The number of sulfonamides is 1. The molecule has 0 bridgehead atoms. The van der Waals surface area contributed by atoms with Gasteiger partial charge in [-0.05, 0) is 70.3 Å². The van der Waals surface area contributed by atoms with E-state index in [1.54, 1.807) is 37.3 Å². The second-order valence-electron chi connectivity index (χ2n) is 16.3. The molecule has 0 unspecified atom stereocenters. The van der Waals surface area contributed by atoms with Gasteiger partial charge < -0.3 is 29.7 Å². The minimum absolute atomic E-state index is 0.00852. The van der Waals surface area contributed by atoms with Crippen molar-refractivity contribution >= 4 is 44.6 Å². The van der Waals surface area contributed by atoms with Gasteiger partial charge in [-0.25, -0.2) is 27.0 Å².